The van der Waals surface area contributed by atoms with E-state index in [9.17, 15) is 9.59 Å². The van der Waals surface area contributed by atoms with E-state index in [0.29, 0.717) is 23.4 Å². The number of carbonyl (C=O) groups is 2. The van der Waals surface area contributed by atoms with Crippen molar-refractivity contribution in [2.24, 2.45) is 5.41 Å². The van der Waals surface area contributed by atoms with Crippen LogP contribution in [-0.4, -0.2) is 23.8 Å². The van der Waals surface area contributed by atoms with Crippen molar-refractivity contribution >= 4 is 17.5 Å². The molecule has 0 saturated carbocycles. The van der Waals surface area contributed by atoms with Gasteiger partial charge in [0.1, 0.15) is 11.6 Å². The monoisotopic (exact) mass is 431 g/mol. The molecule has 1 aromatic heterocycles. The minimum atomic E-state index is -0.453. The van der Waals surface area contributed by atoms with Crippen molar-refractivity contribution in [3.63, 3.8) is 0 Å². The van der Waals surface area contributed by atoms with Crippen molar-refractivity contribution in [3.8, 4) is 5.75 Å². The number of amides is 1. The number of anilines is 1. The second kappa shape index (κ2) is 8.26. The zero-order chi connectivity index (χ0) is 23.0. The number of nitrogens with zero attached hydrogens (tertiary/aromatic N) is 1. The Bertz CT molecular complexity index is 1130. The number of carbonyl (C=O) groups excluding carboxylic acids is 2. The molecule has 0 fully saturated rings. The molecule has 1 aliphatic carbocycles. The highest BCUT2D eigenvalue weighted by atomic mass is 16.5. The second-order valence-electron chi connectivity index (χ2n) is 9.38. The largest absolute Gasteiger partial charge is 0.497 e. The average Bonchev–Trinajstić information content (AvgIpc) is 2.73. The molecule has 4 rings (SSSR count). The lowest BCUT2D eigenvalue weighted by atomic mass is 9.68. The van der Waals surface area contributed by atoms with Gasteiger partial charge in [-0.1, -0.05) is 32.0 Å². The number of aromatic nitrogens is 1. The van der Waals surface area contributed by atoms with Gasteiger partial charge in [0, 0.05) is 41.1 Å². The number of methoxy groups -OCH3 is 1. The highest BCUT2D eigenvalue weighted by Gasteiger charge is 2.42. The van der Waals surface area contributed by atoms with Gasteiger partial charge in [0.2, 0.25) is 0 Å². The van der Waals surface area contributed by atoms with Crippen LogP contribution in [-0.2, 0) is 9.59 Å². The van der Waals surface area contributed by atoms with E-state index in [1.807, 2.05) is 44.2 Å². The topological polar surface area (TPSA) is 80.3 Å². The molecule has 1 amide bonds. The molecule has 1 atom stereocenters. The average molecular weight is 432 g/mol. The fraction of sp³-hybridized carbons (Fsp3) is 0.346. The summed E-state index contributed by atoms with van der Waals surface area (Å²) in [4.78, 5) is 31.1. The summed E-state index contributed by atoms with van der Waals surface area (Å²) in [6.45, 7) is 8.04. The van der Waals surface area contributed by atoms with E-state index in [0.717, 1.165) is 34.7 Å². The lowest BCUT2D eigenvalue weighted by Gasteiger charge is -2.39. The summed E-state index contributed by atoms with van der Waals surface area (Å²) in [6.07, 6.45) is 2.92. The van der Waals surface area contributed by atoms with Crippen molar-refractivity contribution in [2.45, 2.75) is 46.5 Å². The molecule has 1 aromatic carbocycles. The van der Waals surface area contributed by atoms with Crippen molar-refractivity contribution in [2.75, 3.05) is 12.4 Å². The SMILES string of the molecule is COc1ccc(C2C(C(=O)Nc3ccc(C)cn3)=C(C)NC3=C2C(=O)CC(C)(C)C3)cc1. The Hall–Kier alpha value is -3.41. The smallest absolute Gasteiger partial charge is 0.255 e. The first-order chi connectivity index (χ1) is 15.2. The first-order valence-electron chi connectivity index (χ1n) is 10.8. The zero-order valence-electron chi connectivity index (χ0n) is 19.2. The molecule has 2 N–H and O–H groups in total. The van der Waals surface area contributed by atoms with Crippen LogP contribution < -0.4 is 15.4 Å². The van der Waals surface area contributed by atoms with E-state index in [1.165, 1.54) is 0 Å². The van der Waals surface area contributed by atoms with Crippen LogP contribution >= 0.6 is 0 Å². The summed E-state index contributed by atoms with van der Waals surface area (Å²) < 4.78 is 5.30. The van der Waals surface area contributed by atoms with Gasteiger partial charge in [-0.25, -0.2) is 4.98 Å². The van der Waals surface area contributed by atoms with Crippen LogP contribution in [0.3, 0.4) is 0 Å². The molecule has 6 nitrogen and oxygen atoms in total. The van der Waals surface area contributed by atoms with Crippen LogP contribution in [0, 0.1) is 12.3 Å². The van der Waals surface area contributed by atoms with Gasteiger partial charge in [-0.2, -0.15) is 0 Å². The Balaban J connectivity index is 1.79. The van der Waals surface area contributed by atoms with E-state index in [2.05, 4.69) is 29.5 Å². The lowest BCUT2D eigenvalue weighted by molar-refractivity contribution is -0.118. The van der Waals surface area contributed by atoms with Crippen LogP contribution in [0.2, 0.25) is 0 Å². The quantitative estimate of drug-likeness (QED) is 0.737. The third-order valence-electron chi connectivity index (χ3n) is 6.09. The van der Waals surface area contributed by atoms with Gasteiger partial charge in [0.25, 0.3) is 5.91 Å². The summed E-state index contributed by atoms with van der Waals surface area (Å²) in [5, 5.41) is 6.30. The van der Waals surface area contributed by atoms with Crippen LogP contribution in [0.1, 0.15) is 50.7 Å². The van der Waals surface area contributed by atoms with Gasteiger partial charge in [-0.15, -0.1) is 0 Å². The van der Waals surface area contributed by atoms with Crippen LogP contribution in [0.25, 0.3) is 0 Å². The Labute approximate surface area is 188 Å². The van der Waals surface area contributed by atoms with Gasteiger partial charge >= 0.3 is 0 Å². The Morgan fingerprint density at radius 2 is 1.84 bits per heavy atom. The van der Waals surface area contributed by atoms with Crippen molar-refractivity contribution in [3.05, 3.63) is 76.3 Å². The normalized spacial score (nSPS) is 19.9. The minimum Gasteiger partial charge on any atom is -0.497 e. The Kier molecular flexibility index (Phi) is 5.63. The number of nitrogens with one attached hydrogen (secondary N) is 2. The molecule has 2 aliphatic rings. The van der Waals surface area contributed by atoms with E-state index in [-0.39, 0.29) is 17.1 Å². The molecule has 0 saturated heterocycles. The van der Waals surface area contributed by atoms with Crippen LogP contribution in [0.4, 0.5) is 5.82 Å². The molecule has 2 aromatic rings. The minimum absolute atomic E-state index is 0.0795. The third kappa shape index (κ3) is 4.17. The number of ether oxygens (including phenoxy) is 1. The molecule has 1 unspecified atom stereocenters. The van der Waals surface area contributed by atoms with Gasteiger partial charge in [0.15, 0.2) is 5.78 Å². The highest BCUT2D eigenvalue weighted by molar-refractivity contribution is 6.09. The number of aryl methyl sites for hydroxylation is 1. The molecule has 0 spiro atoms. The molecule has 32 heavy (non-hydrogen) atoms. The summed E-state index contributed by atoms with van der Waals surface area (Å²) in [7, 11) is 1.62. The maximum atomic E-state index is 13.5. The molecular weight excluding hydrogens is 402 g/mol. The van der Waals surface area contributed by atoms with Gasteiger partial charge in [0.05, 0.1) is 7.11 Å². The molecule has 166 valence electrons. The number of benzene rings is 1. The Morgan fingerprint density at radius 1 is 1.12 bits per heavy atom. The fourth-order valence-electron chi connectivity index (χ4n) is 4.59. The standard InChI is InChI=1S/C26H29N3O3/c1-15-6-11-21(27-14-15)29-25(31)22-16(2)28-19-12-26(3,4)13-20(30)24(19)23(22)17-7-9-18(32-5)10-8-17/h6-11,14,23,28H,12-13H2,1-5H3,(H,27,29,31). The van der Waals surface area contributed by atoms with E-state index < -0.39 is 5.92 Å². The molecule has 6 heteroatoms. The summed E-state index contributed by atoms with van der Waals surface area (Å²) in [5.41, 5.74) is 4.65. The molecular formula is C26H29N3O3. The van der Waals surface area contributed by atoms with Gasteiger partial charge in [-0.05, 0) is 55.0 Å². The summed E-state index contributed by atoms with van der Waals surface area (Å²) >= 11 is 0. The number of hydrogen-bond acceptors (Lipinski definition) is 5. The number of pyridine rings is 1. The summed E-state index contributed by atoms with van der Waals surface area (Å²) in [6, 6.07) is 11.3. The van der Waals surface area contributed by atoms with E-state index in [4.69, 9.17) is 4.74 Å². The predicted octanol–water partition coefficient (Wildman–Crippen LogP) is 4.64. The molecule has 0 radical (unpaired) electrons. The number of Topliss-reactive ketones (excluding diaryl/α,β-unsaturated/α-hetero) is 1. The van der Waals surface area contributed by atoms with Gasteiger partial charge in [-0.3, -0.25) is 9.59 Å². The van der Waals surface area contributed by atoms with E-state index in [1.54, 1.807) is 19.4 Å². The lowest BCUT2D eigenvalue weighted by Crippen LogP contribution is -2.39. The highest BCUT2D eigenvalue weighted by Crippen LogP contribution is 2.46. The number of ketones is 1. The second-order valence-corrected chi connectivity index (χ2v) is 9.38. The number of rotatable bonds is 4. The van der Waals surface area contributed by atoms with Crippen molar-refractivity contribution in [1.29, 1.82) is 0 Å². The molecule has 1 aliphatic heterocycles. The Morgan fingerprint density at radius 3 is 2.47 bits per heavy atom. The van der Waals surface area contributed by atoms with Crippen LogP contribution in [0.5, 0.6) is 5.75 Å². The van der Waals surface area contributed by atoms with Crippen molar-refractivity contribution < 1.29 is 14.3 Å². The number of hydrogen-bond donors (Lipinski definition) is 2. The van der Waals surface area contributed by atoms with Gasteiger partial charge < -0.3 is 15.4 Å². The number of allylic oxidation sites excluding steroid dienone is 3. The predicted molar refractivity (Wildman–Crippen MR) is 124 cm³/mol. The maximum Gasteiger partial charge on any atom is 0.255 e. The third-order valence-corrected chi connectivity index (χ3v) is 6.09. The first kappa shape index (κ1) is 21.8. The molecule has 0 bridgehead atoms. The van der Waals surface area contributed by atoms with Crippen LogP contribution in [0.15, 0.2) is 65.1 Å². The summed E-state index contributed by atoms with van der Waals surface area (Å²) in [5.74, 6) is 0.562. The first-order valence-corrected chi connectivity index (χ1v) is 10.8. The maximum absolute atomic E-state index is 13.5. The fourth-order valence-corrected chi connectivity index (χ4v) is 4.59. The van der Waals surface area contributed by atoms with Crippen molar-refractivity contribution in [1.82, 2.24) is 10.3 Å². The van der Waals surface area contributed by atoms with E-state index >= 15 is 0 Å². The molecule has 2 heterocycles. The zero-order valence-corrected chi connectivity index (χ0v) is 19.2. The number of dihydropyridines is 1.